The second kappa shape index (κ2) is 2.76. The van der Waals surface area contributed by atoms with Crippen LogP contribution in [0.5, 0.6) is 0 Å². The molecule has 2 heterocycles. The topological polar surface area (TPSA) is 0 Å². The second-order valence-electron chi connectivity index (χ2n) is 2.93. The van der Waals surface area contributed by atoms with Crippen LogP contribution in [0.25, 0.3) is 20.2 Å². The fourth-order valence-electron chi connectivity index (χ4n) is 1.55. The van der Waals surface area contributed by atoms with Crippen molar-refractivity contribution in [3.8, 4) is 0 Å². The molecule has 0 fully saturated rings. The van der Waals surface area contributed by atoms with Crippen molar-refractivity contribution < 1.29 is 0 Å². The van der Waals surface area contributed by atoms with Crippen molar-refractivity contribution in [3.63, 3.8) is 0 Å². The second-order valence-corrected chi connectivity index (χ2v) is 4.80. The summed E-state index contributed by atoms with van der Waals surface area (Å²) >= 11 is 3.63. The van der Waals surface area contributed by atoms with Crippen LogP contribution in [0.1, 0.15) is 0 Å². The first-order chi connectivity index (χ1) is 6.45. The van der Waals surface area contributed by atoms with Gasteiger partial charge in [0.05, 0.1) is 4.70 Å². The van der Waals surface area contributed by atoms with Crippen LogP contribution in [0.4, 0.5) is 0 Å². The van der Waals surface area contributed by atoms with E-state index in [1.165, 1.54) is 20.2 Å². The first-order valence-corrected chi connectivity index (χ1v) is 5.88. The third-order valence-electron chi connectivity index (χ3n) is 2.15. The Bertz CT molecular complexity index is 516. The van der Waals surface area contributed by atoms with E-state index in [1.807, 2.05) is 11.3 Å². The number of benzene rings is 1. The SMILES string of the molecule is c1ccc2c(c1)sc1c[s+]ccc12. The van der Waals surface area contributed by atoms with Crippen LogP contribution in [0, 0.1) is 0 Å². The minimum absolute atomic E-state index is 1.38. The van der Waals surface area contributed by atoms with Crippen molar-refractivity contribution in [1.29, 1.82) is 0 Å². The van der Waals surface area contributed by atoms with Gasteiger partial charge in [-0.25, -0.2) is 0 Å². The molecule has 0 amide bonds. The molecule has 0 saturated heterocycles. The molecule has 0 N–H and O–H groups in total. The van der Waals surface area contributed by atoms with Crippen molar-refractivity contribution in [3.05, 3.63) is 41.1 Å². The fraction of sp³-hybridized carbons (Fsp3) is 0. The molecule has 2 aromatic heterocycles. The van der Waals surface area contributed by atoms with Crippen LogP contribution in [0.3, 0.4) is 0 Å². The summed E-state index contributed by atoms with van der Waals surface area (Å²) in [5.74, 6) is 0. The summed E-state index contributed by atoms with van der Waals surface area (Å²) < 4.78 is 2.78. The minimum Gasteiger partial charge on any atom is -0.130 e. The third kappa shape index (κ3) is 1.06. The van der Waals surface area contributed by atoms with E-state index in [0.717, 1.165) is 0 Å². The van der Waals surface area contributed by atoms with Gasteiger partial charge in [-0.05, 0) is 6.07 Å². The van der Waals surface area contributed by atoms with Crippen molar-refractivity contribution in [2.45, 2.75) is 0 Å². The molecule has 0 nitrogen and oxygen atoms in total. The van der Waals surface area contributed by atoms with E-state index in [4.69, 9.17) is 0 Å². The summed E-state index contributed by atoms with van der Waals surface area (Å²) in [6.45, 7) is 0. The van der Waals surface area contributed by atoms with Gasteiger partial charge >= 0.3 is 0 Å². The lowest BCUT2D eigenvalue weighted by Crippen LogP contribution is -1.61. The van der Waals surface area contributed by atoms with Gasteiger partial charge in [0.1, 0.15) is 0 Å². The number of thiophene rings is 1. The maximum absolute atomic E-state index is 2.22. The van der Waals surface area contributed by atoms with E-state index in [0.29, 0.717) is 0 Å². The standard InChI is InChI=1S/C11H7S2/c1-2-4-10-8(3-1)9-5-6-12-7-11(9)13-10/h1-7H/q+1. The molecule has 3 aromatic rings. The highest BCUT2D eigenvalue weighted by Crippen LogP contribution is 2.33. The van der Waals surface area contributed by atoms with Gasteiger partial charge in [0.2, 0.25) is 16.7 Å². The molecule has 2 heteroatoms. The molecule has 0 saturated carbocycles. The van der Waals surface area contributed by atoms with Gasteiger partial charge in [0.25, 0.3) is 0 Å². The van der Waals surface area contributed by atoms with Crippen LogP contribution >= 0.6 is 22.7 Å². The molecule has 0 radical (unpaired) electrons. The van der Waals surface area contributed by atoms with Crippen molar-refractivity contribution in [2.24, 2.45) is 0 Å². The molecule has 13 heavy (non-hydrogen) atoms. The van der Waals surface area contributed by atoms with Gasteiger partial charge in [0, 0.05) is 21.5 Å². The summed E-state index contributed by atoms with van der Waals surface area (Å²) in [5, 5.41) is 7.14. The lowest BCUT2D eigenvalue weighted by molar-refractivity contribution is 1.87. The van der Waals surface area contributed by atoms with Crippen LogP contribution in [0.2, 0.25) is 0 Å². The Balaban J connectivity index is 2.64. The number of hydrogen-bond donors (Lipinski definition) is 0. The van der Waals surface area contributed by atoms with Crippen molar-refractivity contribution in [1.82, 2.24) is 0 Å². The summed E-state index contributed by atoms with van der Waals surface area (Å²) in [6.07, 6.45) is 0. The van der Waals surface area contributed by atoms with E-state index in [1.54, 1.807) is 11.3 Å². The Hall–Kier alpha value is -0.990. The monoisotopic (exact) mass is 203 g/mol. The Labute approximate surface area is 84.1 Å². The number of rotatable bonds is 0. The smallest absolute Gasteiger partial charge is 0.130 e. The van der Waals surface area contributed by atoms with Crippen LogP contribution in [-0.4, -0.2) is 0 Å². The summed E-state index contributed by atoms with van der Waals surface area (Å²) in [7, 11) is 0. The minimum atomic E-state index is 1.38. The fourth-order valence-corrected chi connectivity index (χ4v) is 3.41. The van der Waals surface area contributed by atoms with E-state index in [-0.39, 0.29) is 0 Å². The van der Waals surface area contributed by atoms with E-state index >= 15 is 0 Å². The van der Waals surface area contributed by atoms with E-state index in [2.05, 4.69) is 41.1 Å². The van der Waals surface area contributed by atoms with E-state index in [9.17, 15) is 0 Å². The molecule has 0 atom stereocenters. The Morgan fingerprint density at radius 1 is 0.923 bits per heavy atom. The Morgan fingerprint density at radius 3 is 2.77 bits per heavy atom. The molecule has 0 aliphatic rings. The lowest BCUT2D eigenvalue weighted by Gasteiger charge is -1.85. The van der Waals surface area contributed by atoms with Gasteiger partial charge in [-0.1, -0.05) is 18.2 Å². The van der Waals surface area contributed by atoms with Crippen LogP contribution < -0.4 is 0 Å². The average Bonchev–Trinajstić information content (AvgIpc) is 2.56. The summed E-state index contributed by atoms with van der Waals surface area (Å²) in [5.41, 5.74) is 0. The highest BCUT2D eigenvalue weighted by atomic mass is 32.1. The predicted molar refractivity (Wildman–Crippen MR) is 61.6 cm³/mol. The summed E-state index contributed by atoms with van der Waals surface area (Å²) in [4.78, 5) is 0. The number of hydrogen-bond acceptors (Lipinski definition) is 1. The molecular formula is C11H7S2+. The highest BCUT2D eigenvalue weighted by molar-refractivity contribution is 7.27. The zero-order valence-electron chi connectivity index (χ0n) is 6.86. The van der Waals surface area contributed by atoms with Crippen molar-refractivity contribution >= 4 is 42.8 Å². The quantitative estimate of drug-likeness (QED) is 0.475. The molecule has 0 spiro atoms. The highest BCUT2D eigenvalue weighted by Gasteiger charge is 2.05. The molecular weight excluding hydrogens is 196 g/mol. The van der Waals surface area contributed by atoms with Gasteiger partial charge in [-0.15, -0.1) is 11.3 Å². The Morgan fingerprint density at radius 2 is 1.77 bits per heavy atom. The molecule has 0 unspecified atom stereocenters. The maximum Gasteiger partial charge on any atom is 0.213 e. The van der Waals surface area contributed by atoms with Crippen LogP contribution in [0.15, 0.2) is 41.1 Å². The Kier molecular flexibility index (Phi) is 1.57. The van der Waals surface area contributed by atoms with Gasteiger partial charge in [0.15, 0.2) is 5.38 Å². The normalized spacial score (nSPS) is 11.1. The predicted octanol–water partition coefficient (Wildman–Crippen LogP) is 4.40. The van der Waals surface area contributed by atoms with Gasteiger partial charge < -0.3 is 0 Å². The van der Waals surface area contributed by atoms with Crippen LogP contribution in [-0.2, 0) is 0 Å². The molecule has 0 aliphatic carbocycles. The average molecular weight is 203 g/mol. The first-order valence-electron chi connectivity index (χ1n) is 4.12. The third-order valence-corrected chi connectivity index (χ3v) is 4.10. The zero-order chi connectivity index (χ0) is 8.67. The maximum atomic E-state index is 2.22. The number of fused-ring (bicyclic) bond motifs is 3. The van der Waals surface area contributed by atoms with Gasteiger partial charge in [-0.2, -0.15) is 0 Å². The van der Waals surface area contributed by atoms with Gasteiger partial charge in [-0.3, -0.25) is 0 Å². The molecule has 1 aromatic carbocycles. The molecule has 3 rings (SSSR count). The molecule has 0 bridgehead atoms. The summed E-state index contributed by atoms with van der Waals surface area (Å²) in [6, 6.07) is 10.8. The van der Waals surface area contributed by atoms with Crippen molar-refractivity contribution in [2.75, 3.05) is 0 Å². The first kappa shape index (κ1) is 7.42. The molecule has 0 aliphatic heterocycles. The largest absolute Gasteiger partial charge is 0.213 e. The molecule has 62 valence electrons. The van der Waals surface area contributed by atoms with E-state index < -0.39 is 0 Å². The zero-order valence-corrected chi connectivity index (χ0v) is 8.49. The lowest BCUT2D eigenvalue weighted by atomic mass is 10.2.